The number of unbranched alkanes of at least 4 members (excludes halogenated alkanes) is 2. The Morgan fingerprint density at radius 1 is 1.16 bits per heavy atom. The van der Waals surface area contributed by atoms with Crippen molar-refractivity contribution in [2.45, 2.75) is 32.6 Å². The number of rotatable bonds is 7. The lowest BCUT2D eigenvalue weighted by molar-refractivity contribution is -0.134. The van der Waals surface area contributed by atoms with Gasteiger partial charge in [0, 0.05) is 6.08 Å². The number of carbonyl (C=O) groups is 1. The van der Waals surface area contributed by atoms with Gasteiger partial charge in [0.2, 0.25) is 0 Å². The van der Waals surface area contributed by atoms with Crippen molar-refractivity contribution in [2.75, 3.05) is 14.2 Å². The van der Waals surface area contributed by atoms with E-state index in [2.05, 4.69) is 6.92 Å². The Labute approximate surface area is 115 Å². The second kappa shape index (κ2) is 8.35. The molecule has 104 valence electrons. The molecule has 0 aliphatic rings. The molecule has 0 atom stereocenters. The van der Waals surface area contributed by atoms with Crippen LogP contribution in [-0.4, -0.2) is 20.2 Å². The summed E-state index contributed by atoms with van der Waals surface area (Å²) < 4.78 is 9.85. The highest BCUT2D eigenvalue weighted by Gasteiger charge is 2.05. The van der Waals surface area contributed by atoms with E-state index in [0.717, 1.165) is 42.6 Å². The molecule has 0 aliphatic heterocycles. The van der Waals surface area contributed by atoms with Crippen LogP contribution in [0.5, 0.6) is 5.75 Å². The molecule has 0 saturated carbocycles. The second-order valence-electron chi connectivity index (χ2n) is 4.38. The number of esters is 1. The summed E-state index contributed by atoms with van der Waals surface area (Å²) in [4.78, 5) is 11.4. The molecule has 0 N–H and O–H groups in total. The number of benzene rings is 1. The number of allylic oxidation sites excluding steroid dienone is 1. The molecule has 1 aromatic rings. The summed E-state index contributed by atoms with van der Waals surface area (Å²) in [5.74, 6) is 0.511. The van der Waals surface area contributed by atoms with E-state index in [4.69, 9.17) is 9.47 Å². The van der Waals surface area contributed by atoms with Gasteiger partial charge in [-0.3, -0.25) is 0 Å². The molecule has 0 aromatic heterocycles. The Morgan fingerprint density at radius 3 is 2.37 bits per heavy atom. The van der Waals surface area contributed by atoms with E-state index in [1.54, 1.807) is 13.2 Å². The fourth-order valence-electron chi connectivity index (χ4n) is 1.87. The second-order valence-corrected chi connectivity index (χ2v) is 4.38. The summed E-state index contributed by atoms with van der Waals surface area (Å²) in [6.07, 6.45) is 5.86. The van der Waals surface area contributed by atoms with Crippen LogP contribution >= 0.6 is 0 Å². The highest BCUT2D eigenvalue weighted by atomic mass is 16.5. The van der Waals surface area contributed by atoms with Crippen LogP contribution in [0.25, 0.3) is 5.57 Å². The minimum absolute atomic E-state index is 0.303. The van der Waals surface area contributed by atoms with Crippen molar-refractivity contribution in [3.63, 3.8) is 0 Å². The molecule has 0 saturated heterocycles. The zero-order valence-electron chi connectivity index (χ0n) is 11.9. The Morgan fingerprint density at radius 2 is 1.84 bits per heavy atom. The van der Waals surface area contributed by atoms with Crippen LogP contribution in [0.1, 0.15) is 38.2 Å². The van der Waals surface area contributed by atoms with Gasteiger partial charge < -0.3 is 9.47 Å². The fraction of sp³-hybridized carbons (Fsp3) is 0.438. The van der Waals surface area contributed by atoms with Gasteiger partial charge in [0.05, 0.1) is 14.2 Å². The van der Waals surface area contributed by atoms with Gasteiger partial charge in [0.1, 0.15) is 5.75 Å². The Hall–Kier alpha value is -1.77. The third-order valence-corrected chi connectivity index (χ3v) is 3.00. The van der Waals surface area contributed by atoms with Crippen molar-refractivity contribution in [1.29, 1.82) is 0 Å². The van der Waals surface area contributed by atoms with Gasteiger partial charge in [-0.2, -0.15) is 0 Å². The monoisotopic (exact) mass is 262 g/mol. The number of hydrogen-bond donors (Lipinski definition) is 0. The molecule has 0 aliphatic carbocycles. The summed E-state index contributed by atoms with van der Waals surface area (Å²) in [5.41, 5.74) is 2.06. The molecule has 0 bridgehead atoms. The lowest BCUT2D eigenvalue weighted by atomic mass is 9.99. The molecule has 0 amide bonds. The predicted molar refractivity (Wildman–Crippen MR) is 77.1 cm³/mol. The Bertz CT molecular complexity index is 418. The highest BCUT2D eigenvalue weighted by Crippen LogP contribution is 2.23. The molecule has 1 aromatic carbocycles. The Kier molecular flexibility index (Phi) is 6.72. The van der Waals surface area contributed by atoms with Crippen LogP contribution in [0.15, 0.2) is 30.3 Å². The Balaban J connectivity index is 2.87. The summed E-state index contributed by atoms with van der Waals surface area (Å²) in [5, 5.41) is 0. The average Bonchev–Trinajstić information content (AvgIpc) is 2.46. The normalized spacial score (nSPS) is 11.2. The maximum absolute atomic E-state index is 11.4. The van der Waals surface area contributed by atoms with Gasteiger partial charge in [-0.05, 0) is 36.1 Å². The standard InChI is InChI=1S/C16H22O3/c1-4-5-6-7-14(12-16(17)19-3)13-8-10-15(18-2)11-9-13/h8-12H,4-7H2,1-3H3/b14-12+. The number of carbonyl (C=O) groups excluding carboxylic acids is 1. The first kappa shape index (κ1) is 15.3. The van der Waals surface area contributed by atoms with Crippen molar-refractivity contribution in [3.05, 3.63) is 35.9 Å². The molecule has 0 radical (unpaired) electrons. The first-order valence-electron chi connectivity index (χ1n) is 6.64. The van der Waals surface area contributed by atoms with Gasteiger partial charge >= 0.3 is 5.97 Å². The minimum Gasteiger partial charge on any atom is -0.497 e. The van der Waals surface area contributed by atoms with Crippen LogP contribution in [0, 0.1) is 0 Å². The molecule has 3 nitrogen and oxygen atoms in total. The predicted octanol–water partition coefficient (Wildman–Crippen LogP) is 3.83. The smallest absolute Gasteiger partial charge is 0.330 e. The molecule has 3 heteroatoms. The lowest BCUT2D eigenvalue weighted by Crippen LogP contribution is -1.97. The van der Waals surface area contributed by atoms with Crippen molar-refractivity contribution < 1.29 is 14.3 Å². The summed E-state index contributed by atoms with van der Waals surface area (Å²) >= 11 is 0. The molecule has 19 heavy (non-hydrogen) atoms. The highest BCUT2D eigenvalue weighted by molar-refractivity contribution is 5.91. The number of methoxy groups -OCH3 is 2. The molecular weight excluding hydrogens is 240 g/mol. The van der Waals surface area contributed by atoms with E-state index < -0.39 is 0 Å². The number of hydrogen-bond acceptors (Lipinski definition) is 3. The molecule has 1 rings (SSSR count). The largest absolute Gasteiger partial charge is 0.497 e. The molecule has 0 heterocycles. The maximum Gasteiger partial charge on any atom is 0.330 e. The first-order chi connectivity index (χ1) is 9.21. The average molecular weight is 262 g/mol. The third-order valence-electron chi connectivity index (χ3n) is 3.00. The van der Waals surface area contributed by atoms with E-state index >= 15 is 0 Å². The third kappa shape index (κ3) is 5.16. The zero-order chi connectivity index (χ0) is 14.1. The SMILES string of the molecule is CCCCC/C(=C\C(=O)OC)c1ccc(OC)cc1. The molecule has 0 fully saturated rings. The minimum atomic E-state index is -0.303. The first-order valence-corrected chi connectivity index (χ1v) is 6.64. The maximum atomic E-state index is 11.4. The summed E-state index contributed by atoms with van der Waals surface area (Å²) in [7, 11) is 3.04. The van der Waals surface area contributed by atoms with Gasteiger partial charge in [0.15, 0.2) is 0 Å². The van der Waals surface area contributed by atoms with Crippen LogP contribution in [-0.2, 0) is 9.53 Å². The fourth-order valence-corrected chi connectivity index (χ4v) is 1.87. The van der Waals surface area contributed by atoms with Crippen LogP contribution in [0.2, 0.25) is 0 Å². The quantitative estimate of drug-likeness (QED) is 0.425. The van der Waals surface area contributed by atoms with E-state index in [0.29, 0.717) is 0 Å². The topological polar surface area (TPSA) is 35.5 Å². The molecular formula is C16H22O3. The van der Waals surface area contributed by atoms with Crippen LogP contribution in [0.3, 0.4) is 0 Å². The van der Waals surface area contributed by atoms with Crippen molar-refractivity contribution in [1.82, 2.24) is 0 Å². The summed E-state index contributed by atoms with van der Waals surface area (Å²) in [6, 6.07) is 7.75. The van der Waals surface area contributed by atoms with Crippen molar-refractivity contribution >= 4 is 11.5 Å². The van der Waals surface area contributed by atoms with E-state index in [1.165, 1.54) is 7.11 Å². The van der Waals surface area contributed by atoms with E-state index in [1.807, 2.05) is 24.3 Å². The van der Waals surface area contributed by atoms with Crippen LogP contribution < -0.4 is 4.74 Å². The molecule has 0 spiro atoms. The van der Waals surface area contributed by atoms with E-state index in [9.17, 15) is 4.79 Å². The van der Waals surface area contributed by atoms with Gasteiger partial charge in [-0.1, -0.05) is 31.9 Å². The van der Waals surface area contributed by atoms with E-state index in [-0.39, 0.29) is 5.97 Å². The lowest BCUT2D eigenvalue weighted by Gasteiger charge is -2.08. The van der Waals surface area contributed by atoms with Crippen molar-refractivity contribution in [2.24, 2.45) is 0 Å². The van der Waals surface area contributed by atoms with Crippen LogP contribution in [0.4, 0.5) is 0 Å². The zero-order valence-corrected chi connectivity index (χ0v) is 11.9. The van der Waals surface area contributed by atoms with Gasteiger partial charge in [-0.25, -0.2) is 4.79 Å². The van der Waals surface area contributed by atoms with Gasteiger partial charge in [-0.15, -0.1) is 0 Å². The van der Waals surface area contributed by atoms with Crippen molar-refractivity contribution in [3.8, 4) is 5.75 Å². The van der Waals surface area contributed by atoms with Gasteiger partial charge in [0.25, 0.3) is 0 Å². The summed E-state index contributed by atoms with van der Waals surface area (Å²) in [6.45, 7) is 2.16. The number of ether oxygens (including phenoxy) is 2. The molecule has 0 unspecified atom stereocenters.